The number of alkyl carbamates (subject to hydrolysis) is 1. The zero-order valence-electron chi connectivity index (χ0n) is 20.5. The number of ether oxygens (including phenoxy) is 1. The molecule has 2 aliphatic rings. The van der Waals surface area contributed by atoms with Gasteiger partial charge < -0.3 is 19.9 Å². The standard InChI is InChI=1S/C24H35F3N4O3/c1-16(2)23(7-6-18(13-23)29-21(33)34-22(3,4)5)20(32)31-10-8-30(9-11-31)19-12-17(14-28-15-19)24(25,26)27/h12,14-16,18H,6-11,13H2,1-5H3,(H,29,33). The Hall–Kier alpha value is -2.52. The number of aromatic nitrogens is 1. The summed E-state index contributed by atoms with van der Waals surface area (Å²) in [6.07, 6.45) is -0.783. The van der Waals surface area contributed by atoms with E-state index in [0.717, 1.165) is 12.3 Å². The highest BCUT2D eigenvalue weighted by molar-refractivity contribution is 5.84. The van der Waals surface area contributed by atoms with E-state index in [2.05, 4.69) is 10.3 Å². The molecule has 3 rings (SSSR count). The van der Waals surface area contributed by atoms with E-state index in [1.54, 1.807) is 20.8 Å². The molecule has 7 nitrogen and oxygen atoms in total. The van der Waals surface area contributed by atoms with Gasteiger partial charge in [-0.2, -0.15) is 13.2 Å². The van der Waals surface area contributed by atoms with Crippen molar-refractivity contribution in [1.29, 1.82) is 0 Å². The van der Waals surface area contributed by atoms with Gasteiger partial charge in [-0.25, -0.2) is 4.79 Å². The number of amides is 2. The van der Waals surface area contributed by atoms with Gasteiger partial charge in [-0.3, -0.25) is 9.78 Å². The number of rotatable bonds is 4. The van der Waals surface area contributed by atoms with Gasteiger partial charge in [0, 0.05) is 38.4 Å². The van der Waals surface area contributed by atoms with Crippen molar-refractivity contribution in [3.8, 4) is 0 Å². The minimum absolute atomic E-state index is 0.0535. The van der Waals surface area contributed by atoms with Gasteiger partial charge in [0.15, 0.2) is 0 Å². The Morgan fingerprint density at radius 3 is 2.35 bits per heavy atom. The number of nitrogens with one attached hydrogen (secondary N) is 1. The number of piperazine rings is 1. The molecule has 0 radical (unpaired) electrons. The van der Waals surface area contributed by atoms with Crippen molar-refractivity contribution in [2.75, 3.05) is 31.1 Å². The molecule has 1 aliphatic heterocycles. The predicted octanol–water partition coefficient (Wildman–Crippen LogP) is 4.47. The number of anilines is 1. The van der Waals surface area contributed by atoms with Gasteiger partial charge in [0.05, 0.1) is 22.9 Å². The molecular formula is C24H35F3N4O3. The Bertz CT molecular complexity index is 892. The topological polar surface area (TPSA) is 74.8 Å². The number of halogens is 3. The van der Waals surface area contributed by atoms with Crippen LogP contribution in [0.2, 0.25) is 0 Å². The fraction of sp³-hybridized carbons (Fsp3) is 0.708. The second-order valence-electron chi connectivity index (χ2n) is 10.6. The maximum atomic E-state index is 13.7. The van der Waals surface area contributed by atoms with Crippen LogP contribution in [0, 0.1) is 11.3 Å². The lowest BCUT2D eigenvalue weighted by Gasteiger charge is -2.42. The van der Waals surface area contributed by atoms with E-state index in [1.807, 2.05) is 23.6 Å². The van der Waals surface area contributed by atoms with Crippen LogP contribution in [-0.2, 0) is 15.7 Å². The van der Waals surface area contributed by atoms with E-state index in [1.165, 1.54) is 6.20 Å². The van der Waals surface area contributed by atoms with Gasteiger partial charge >= 0.3 is 12.3 Å². The van der Waals surface area contributed by atoms with Crippen LogP contribution in [0.5, 0.6) is 0 Å². The summed E-state index contributed by atoms with van der Waals surface area (Å²) in [6, 6.07) is 0.961. The van der Waals surface area contributed by atoms with Crippen LogP contribution in [-0.4, -0.2) is 59.7 Å². The number of nitrogens with zero attached hydrogens (tertiary/aromatic N) is 3. The Labute approximate surface area is 199 Å². The van der Waals surface area contributed by atoms with Gasteiger partial charge in [-0.1, -0.05) is 13.8 Å². The lowest BCUT2D eigenvalue weighted by atomic mass is 9.74. The van der Waals surface area contributed by atoms with Crippen LogP contribution in [0.3, 0.4) is 0 Å². The van der Waals surface area contributed by atoms with Crippen molar-refractivity contribution in [3.63, 3.8) is 0 Å². The van der Waals surface area contributed by atoms with Crippen LogP contribution in [0.25, 0.3) is 0 Å². The molecule has 0 spiro atoms. The Kier molecular flexibility index (Phi) is 7.38. The number of hydrogen-bond acceptors (Lipinski definition) is 5. The van der Waals surface area contributed by atoms with E-state index < -0.39 is 28.8 Å². The molecule has 2 heterocycles. The van der Waals surface area contributed by atoms with Crippen molar-refractivity contribution >= 4 is 17.7 Å². The first-order chi connectivity index (χ1) is 15.7. The summed E-state index contributed by atoms with van der Waals surface area (Å²) < 4.78 is 44.5. The molecule has 1 saturated heterocycles. The Balaban J connectivity index is 1.63. The van der Waals surface area contributed by atoms with Gasteiger partial charge in [-0.15, -0.1) is 0 Å². The second-order valence-corrected chi connectivity index (χ2v) is 10.6. The monoisotopic (exact) mass is 484 g/mol. The number of pyridine rings is 1. The zero-order chi connectivity index (χ0) is 25.3. The number of carbonyl (C=O) groups is 2. The molecule has 10 heteroatoms. The van der Waals surface area contributed by atoms with Gasteiger partial charge in [0.2, 0.25) is 5.91 Å². The molecule has 0 aromatic carbocycles. The second kappa shape index (κ2) is 9.62. The molecule has 2 amide bonds. The average molecular weight is 485 g/mol. The third-order valence-corrected chi connectivity index (χ3v) is 6.78. The maximum absolute atomic E-state index is 13.7. The third kappa shape index (κ3) is 5.93. The highest BCUT2D eigenvalue weighted by Gasteiger charge is 2.50. The van der Waals surface area contributed by atoms with Gasteiger partial charge in [-0.05, 0) is 52.0 Å². The lowest BCUT2D eigenvalue weighted by molar-refractivity contribution is -0.145. The summed E-state index contributed by atoms with van der Waals surface area (Å²) in [4.78, 5) is 33.3. The summed E-state index contributed by atoms with van der Waals surface area (Å²) in [5.41, 5.74) is -1.55. The smallest absolute Gasteiger partial charge is 0.417 e. The maximum Gasteiger partial charge on any atom is 0.417 e. The fourth-order valence-corrected chi connectivity index (χ4v) is 4.88. The predicted molar refractivity (Wildman–Crippen MR) is 122 cm³/mol. The van der Waals surface area contributed by atoms with Crippen molar-refractivity contribution in [3.05, 3.63) is 24.0 Å². The highest BCUT2D eigenvalue weighted by atomic mass is 19.4. The minimum atomic E-state index is -4.45. The number of hydrogen-bond donors (Lipinski definition) is 1. The molecule has 0 bridgehead atoms. The first-order valence-corrected chi connectivity index (χ1v) is 11.8. The Morgan fingerprint density at radius 1 is 1.15 bits per heavy atom. The summed E-state index contributed by atoms with van der Waals surface area (Å²) in [6.45, 7) is 11.2. The lowest BCUT2D eigenvalue weighted by Crippen LogP contribution is -2.54. The van der Waals surface area contributed by atoms with Crippen LogP contribution < -0.4 is 10.2 Å². The Morgan fingerprint density at radius 2 is 1.79 bits per heavy atom. The normalized spacial score (nSPS) is 23.9. The van der Waals surface area contributed by atoms with Gasteiger partial charge in [0.1, 0.15) is 5.60 Å². The number of alkyl halides is 3. The van der Waals surface area contributed by atoms with Crippen LogP contribution in [0.1, 0.15) is 59.4 Å². The highest BCUT2D eigenvalue weighted by Crippen LogP contribution is 2.46. The van der Waals surface area contributed by atoms with E-state index in [9.17, 15) is 22.8 Å². The first-order valence-electron chi connectivity index (χ1n) is 11.8. The van der Waals surface area contributed by atoms with E-state index in [0.29, 0.717) is 51.1 Å². The molecule has 1 aromatic heterocycles. The largest absolute Gasteiger partial charge is 0.444 e. The molecule has 34 heavy (non-hydrogen) atoms. The third-order valence-electron chi connectivity index (χ3n) is 6.78. The van der Waals surface area contributed by atoms with Gasteiger partial charge in [0.25, 0.3) is 0 Å². The molecule has 190 valence electrons. The summed E-state index contributed by atoms with van der Waals surface area (Å²) in [7, 11) is 0. The average Bonchev–Trinajstić information content (AvgIpc) is 3.16. The van der Waals surface area contributed by atoms with E-state index in [4.69, 9.17) is 4.74 Å². The molecule has 1 aromatic rings. The van der Waals surface area contributed by atoms with Crippen molar-refractivity contribution in [2.24, 2.45) is 11.3 Å². The zero-order valence-corrected chi connectivity index (χ0v) is 20.5. The fourth-order valence-electron chi connectivity index (χ4n) is 4.88. The molecule has 2 atom stereocenters. The molecular weight excluding hydrogens is 449 g/mol. The molecule has 1 N–H and O–H groups in total. The van der Waals surface area contributed by atoms with E-state index >= 15 is 0 Å². The molecule has 1 saturated carbocycles. The van der Waals surface area contributed by atoms with Crippen LogP contribution in [0.15, 0.2) is 18.5 Å². The molecule has 2 unspecified atom stereocenters. The molecule has 1 aliphatic carbocycles. The van der Waals surface area contributed by atoms with Crippen LogP contribution >= 0.6 is 0 Å². The summed E-state index contributed by atoms with van der Waals surface area (Å²) in [5, 5.41) is 2.91. The van der Waals surface area contributed by atoms with Crippen molar-refractivity contribution < 1.29 is 27.5 Å². The SMILES string of the molecule is CC(C)C1(C(=O)N2CCN(c3cncc(C(F)(F)F)c3)CC2)CCC(NC(=O)OC(C)(C)C)C1. The molecule has 2 fully saturated rings. The quantitative estimate of drug-likeness (QED) is 0.683. The first kappa shape index (κ1) is 26.1. The van der Waals surface area contributed by atoms with Crippen molar-refractivity contribution in [2.45, 2.75) is 71.7 Å². The summed E-state index contributed by atoms with van der Waals surface area (Å²) in [5.74, 6) is 0.133. The minimum Gasteiger partial charge on any atom is -0.444 e. The van der Waals surface area contributed by atoms with Crippen molar-refractivity contribution in [1.82, 2.24) is 15.2 Å². The van der Waals surface area contributed by atoms with E-state index in [-0.39, 0.29) is 17.9 Å². The van der Waals surface area contributed by atoms with Crippen LogP contribution in [0.4, 0.5) is 23.7 Å². The summed E-state index contributed by atoms with van der Waals surface area (Å²) >= 11 is 0. The number of carbonyl (C=O) groups excluding carboxylic acids is 2.